The van der Waals surface area contributed by atoms with Crippen LogP contribution in [0.3, 0.4) is 0 Å². The Labute approximate surface area is 115 Å². The molecule has 0 atom stereocenters. The minimum absolute atomic E-state index is 0.135. The molecule has 0 bridgehead atoms. The highest BCUT2D eigenvalue weighted by Crippen LogP contribution is 2.24. The maximum atomic E-state index is 12.4. The van der Waals surface area contributed by atoms with Gasteiger partial charge in [-0.25, -0.2) is 0 Å². The van der Waals surface area contributed by atoms with E-state index in [4.69, 9.17) is 0 Å². The number of hydrogen-bond acceptors (Lipinski definition) is 2. The third-order valence-corrected chi connectivity index (χ3v) is 4.12. The number of carbonyl (C=O) groups excluding carboxylic acids is 1. The summed E-state index contributed by atoms with van der Waals surface area (Å²) >= 11 is 4.36. The number of benzene rings is 1. The number of rotatable bonds is 3. The van der Waals surface area contributed by atoms with Crippen molar-refractivity contribution in [3.63, 3.8) is 0 Å². The fourth-order valence-electron chi connectivity index (χ4n) is 2.66. The fraction of sp³-hybridized carbons (Fsp3) is 0.533. The Kier molecular flexibility index (Phi) is 4.70. The molecule has 1 heterocycles. The summed E-state index contributed by atoms with van der Waals surface area (Å²) in [6.45, 7) is 4.02. The van der Waals surface area contributed by atoms with Crippen molar-refractivity contribution in [3.05, 3.63) is 29.8 Å². The zero-order valence-corrected chi connectivity index (χ0v) is 11.8. The standard InChI is InChI=1S/C15H21NOS/c1-2-5-12-8-10-16(11-9-12)15(17)13-6-3-4-7-14(13)18/h3-4,6-7,12,18H,2,5,8-11H2,1H3. The predicted octanol–water partition coefficient (Wildman–Crippen LogP) is 3.63. The second-order valence-electron chi connectivity index (χ2n) is 5.04. The molecule has 18 heavy (non-hydrogen) atoms. The van der Waals surface area contributed by atoms with E-state index in [2.05, 4.69) is 19.6 Å². The largest absolute Gasteiger partial charge is 0.339 e. The van der Waals surface area contributed by atoms with Crippen LogP contribution in [0, 0.1) is 5.92 Å². The Balaban J connectivity index is 1.98. The third kappa shape index (κ3) is 3.08. The van der Waals surface area contributed by atoms with Crippen molar-refractivity contribution in [1.29, 1.82) is 0 Å². The lowest BCUT2D eigenvalue weighted by Crippen LogP contribution is -2.38. The molecule has 0 aliphatic carbocycles. The third-order valence-electron chi connectivity index (χ3n) is 3.73. The molecule has 0 N–H and O–H groups in total. The van der Waals surface area contributed by atoms with Crippen LogP contribution in [0.2, 0.25) is 0 Å². The highest BCUT2D eigenvalue weighted by Gasteiger charge is 2.23. The van der Waals surface area contributed by atoms with Crippen LogP contribution in [0.1, 0.15) is 43.0 Å². The molecule has 2 rings (SSSR count). The molecular weight excluding hydrogens is 242 g/mol. The van der Waals surface area contributed by atoms with Gasteiger partial charge in [0, 0.05) is 18.0 Å². The van der Waals surface area contributed by atoms with Crippen LogP contribution in [0.4, 0.5) is 0 Å². The maximum absolute atomic E-state index is 12.4. The van der Waals surface area contributed by atoms with Gasteiger partial charge >= 0.3 is 0 Å². The fourth-order valence-corrected chi connectivity index (χ4v) is 2.91. The monoisotopic (exact) mass is 263 g/mol. The first-order valence-electron chi connectivity index (χ1n) is 6.79. The lowest BCUT2D eigenvalue weighted by atomic mass is 9.92. The van der Waals surface area contributed by atoms with Crippen molar-refractivity contribution in [2.24, 2.45) is 5.92 Å². The number of hydrogen-bond donors (Lipinski definition) is 1. The summed E-state index contributed by atoms with van der Waals surface area (Å²) in [5, 5.41) is 0. The van der Waals surface area contributed by atoms with E-state index in [1.807, 2.05) is 29.2 Å². The molecule has 0 saturated carbocycles. The van der Waals surface area contributed by atoms with E-state index < -0.39 is 0 Å². The Morgan fingerprint density at radius 3 is 2.61 bits per heavy atom. The van der Waals surface area contributed by atoms with Gasteiger partial charge in [0.1, 0.15) is 0 Å². The van der Waals surface area contributed by atoms with Gasteiger partial charge in [-0.2, -0.15) is 0 Å². The average molecular weight is 263 g/mol. The van der Waals surface area contributed by atoms with Gasteiger partial charge in [0.05, 0.1) is 5.56 Å². The molecule has 0 radical (unpaired) electrons. The van der Waals surface area contributed by atoms with Gasteiger partial charge in [0.2, 0.25) is 0 Å². The number of thiol groups is 1. The van der Waals surface area contributed by atoms with Crippen molar-refractivity contribution in [1.82, 2.24) is 4.90 Å². The van der Waals surface area contributed by atoms with Crippen LogP contribution in [-0.2, 0) is 0 Å². The van der Waals surface area contributed by atoms with E-state index in [1.54, 1.807) is 0 Å². The summed E-state index contributed by atoms with van der Waals surface area (Å²) in [6.07, 6.45) is 4.84. The molecule has 2 nitrogen and oxygen atoms in total. The summed E-state index contributed by atoms with van der Waals surface area (Å²) in [5.41, 5.74) is 0.731. The molecule has 1 aromatic rings. The molecule has 1 saturated heterocycles. The summed E-state index contributed by atoms with van der Waals surface area (Å²) < 4.78 is 0. The molecule has 1 aromatic carbocycles. The predicted molar refractivity (Wildman–Crippen MR) is 77.2 cm³/mol. The zero-order chi connectivity index (χ0) is 13.0. The molecule has 1 amide bonds. The van der Waals surface area contributed by atoms with Crippen LogP contribution >= 0.6 is 12.6 Å². The molecule has 0 aromatic heterocycles. The summed E-state index contributed by atoms with van der Waals surface area (Å²) in [6, 6.07) is 7.55. The van der Waals surface area contributed by atoms with E-state index in [0.29, 0.717) is 0 Å². The summed E-state index contributed by atoms with van der Waals surface area (Å²) in [4.78, 5) is 15.1. The van der Waals surface area contributed by atoms with E-state index in [9.17, 15) is 4.79 Å². The molecule has 1 fully saturated rings. The average Bonchev–Trinajstić information content (AvgIpc) is 2.40. The van der Waals surface area contributed by atoms with E-state index in [-0.39, 0.29) is 5.91 Å². The number of piperidine rings is 1. The Morgan fingerprint density at radius 2 is 2.00 bits per heavy atom. The highest BCUT2D eigenvalue weighted by atomic mass is 32.1. The van der Waals surface area contributed by atoms with Crippen molar-refractivity contribution >= 4 is 18.5 Å². The number of carbonyl (C=O) groups is 1. The SMILES string of the molecule is CCCC1CCN(C(=O)c2ccccc2S)CC1. The lowest BCUT2D eigenvalue weighted by molar-refractivity contribution is 0.0683. The highest BCUT2D eigenvalue weighted by molar-refractivity contribution is 7.80. The molecule has 0 spiro atoms. The minimum atomic E-state index is 0.135. The topological polar surface area (TPSA) is 20.3 Å². The van der Waals surface area contributed by atoms with E-state index in [1.165, 1.54) is 12.8 Å². The van der Waals surface area contributed by atoms with Gasteiger partial charge in [-0.05, 0) is 30.9 Å². The van der Waals surface area contributed by atoms with Crippen LogP contribution in [0.15, 0.2) is 29.2 Å². The Hall–Kier alpha value is -0.960. The normalized spacial score (nSPS) is 16.9. The zero-order valence-electron chi connectivity index (χ0n) is 10.9. The molecule has 3 heteroatoms. The van der Waals surface area contributed by atoms with Crippen molar-refractivity contribution in [3.8, 4) is 0 Å². The van der Waals surface area contributed by atoms with Gasteiger partial charge in [-0.1, -0.05) is 31.9 Å². The molecular formula is C15H21NOS. The second-order valence-corrected chi connectivity index (χ2v) is 5.52. The first-order chi connectivity index (χ1) is 8.72. The maximum Gasteiger partial charge on any atom is 0.254 e. The second kappa shape index (κ2) is 6.28. The van der Waals surface area contributed by atoms with E-state index in [0.717, 1.165) is 42.3 Å². The van der Waals surface area contributed by atoms with Crippen LogP contribution in [0.5, 0.6) is 0 Å². The van der Waals surface area contributed by atoms with Gasteiger partial charge < -0.3 is 4.90 Å². The lowest BCUT2D eigenvalue weighted by Gasteiger charge is -2.32. The minimum Gasteiger partial charge on any atom is -0.339 e. The quantitative estimate of drug-likeness (QED) is 0.826. The molecule has 98 valence electrons. The van der Waals surface area contributed by atoms with Gasteiger partial charge in [-0.3, -0.25) is 4.79 Å². The number of nitrogens with zero attached hydrogens (tertiary/aromatic N) is 1. The molecule has 0 unspecified atom stereocenters. The van der Waals surface area contributed by atoms with Crippen LogP contribution < -0.4 is 0 Å². The Bertz CT molecular complexity index is 411. The van der Waals surface area contributed by atoms with Crippen LogP contribution in [0.25, 0.3) is 0 Å². The first kappa shape index (κ1) is 13.5. The number of amides is 1. The summed E-state index contributed by atoms with van der Waals surface area (Å²) in [7, 11) is 0. The van der Waals surface area contributed by atoms with Crippen molar-refractivity contribution in [2.45, 2.75) is 37.5 Å². The van der Waals surface area contributed by atoms with Gasteiger partial charge in [0.15, 0.2) is 0 Å². The molecule has 1 aliphatic heterocycles. The van der Waals surface area contributed by atoms with Gasteiger partial charge in [0.25, 0.3) is 5.91 Å². The molecule has 1 aliphatic rings. The van der Waals surface area contributed by atoms with E-state index >= 15 is 0 Å². The van der Waals surface area contributed by atoms with Crippen molar-refractivity contribution < 1.29 is 4.79 Å². The van der Waals surface area contributed by atoms with Crippen LogP contribution in [-0.4, -0.2) is 23.9 Å². The first-order valence-corrected chi connectivity index (χ1v) is 7.24. The van der Waals surface area contributed by atoms with Crippen molar-refractivity contribution in [2.75, 3.05) is 13.1 Å². The van der Waals surface area contributed by atoms with Gasteiger partial charge in [-0.15, -0.1) is 12.6 Å². The number of likely N-dealkylation sites (tertiary alicyclic amines) is 1. The smallest absolute Gasteiger partial charge is 0.254 e. The summed E-state index contributed by atoms with van der Waals surface area (Å²) in [5.74, 6) is 0.945. The Morgan fingerprint density at radius 1 is 1.33 bits per heavy atom.